The molecule has 1 aliphatic heterocycles. The van der Waals surface area contributed by atoms with Crippen molar-refractivity contribution >= 4 is 17.5 Å². The molecule has 2 aromatic rings. The number of nitrogens with zero attached hydrogens (tertiary/aromatic N) is 2. The minimum atomic E-state index is -0.00935. The van der Waals surface area contributed by atoms with E-state index >= 15 is 0 Å². The molecule has 1 fully saturated rings. The molecule has 0 aliphatic carbocycles. The van der Waals surface area contributed by atoms with Crippen molar-refractivity contribution in [1.82, 2.24) is 9.80 Å². The number of halogens is 1. The van der Waals surface area contributed by atoms with Gasteiger partial charge in [-0.05, 0) is 30.7 Å². The summed E-state index contributed by atoms with van der Waals surface area (Å²) in [5.41, 5.74) is 2.10. The summed E-state index contributed by atoms with van der Waals surface area (Å²) in [6.07, 6.45) is 1.57. The number of rotatable bonds is 3. The van der Waals surface area contributed by atoms with Crippen LogP contribution >= 0.6 is 11.6 Å². The van der Waals surface area contributed by atoms with Crippen LogP contribution in [-0.4, -0.2) is 41.9 Å². The molecule has 0 unspecified atom stereocenters. The lowest BCUT2D eigenvalue weighted by atomic mass is 10.2. The maximum absolute atomic E-state index is 12.4. The number of carbonyl (C=O) groups is 1. The predicted octanol–water partition coefficient (Wildman–Crippen LogP) is 3.20. The fourth-order valence-corrected chi connectivity index (χ4v) is 2.95. The van der Waals surface area contributed by atoms with Crippen molar-refractivity contribution in [3.05, 3.63) is 58.5 Å². The summed E-state index contributed by atoms with van der Waals surface area (Å²) in [5, 5.41) is 0.764. The lowest BCUT2D eigenvalue weighted by Gasteiger charge is -2.34. The average molecular weight is 319 g/mol. The Bertz CT molecular complexity index is 660. The van der Waals surface area contributed by atoms with Crippen LogP contribution in [0.4, 0.5) is 0 Å². The van der Waals surface area contributed by atoms with E-state index in [4.69, 9.17) is 16.0 Å². The Hall–Kier alpha value is -1.78. The number of piperazine rings is 1. The van der Waals surface area contributed by atoms with Crippen molar-refractivity contribution in [3.8, 4) is 0 Å². The molecule has 0 radical (unpaired) electrons. The second kappa shape index (κ2) is 6.55. The standard InChI is InChI=1S/C17H19ClN2O2/c1-13-5-10-22-16(13)17(21)20-8-6-19(7-9-20)12-14-3-2-4-15(18)11-14/h2-5,10-11H,6-9,12H2,1H3. The molecule has 0 spiro atoms. The van der Waals surface area contributed by atoms with Crippen LogP contribution in [0.2, 0.25) is 5.02 Å². The van der Waals surface area contributed by atoms with Crippen molar-refractivity contribution < 1.29 is 9.21 Å². The molecule has 0 saturated carbocycles. The number of hydrogen-bond donors (Lipinski definition) is 0. The topological polar surface area (TPSA) is 36.7 Å². The lowest BCUT2D eigenvalue weighted by molar-refractivity contribution is 0.0597. The summed E-state index contributed by atoms with van der Waals surface area (Å²) in [5.74, 6) is 0.452. The molecule has 4 nitrogen and oxygen atoms in total. The molecule has 3 rings (SSSR count). The van der Waals surface area contributed by atoms with Crippen molar-refractivity contribution in [2.75, 3.05) is 26.2 Å². The minimum absolute atomic E-state index is 0.00935. The number of benzene rings is 1. The second-order valence-corrected chi connectivity index (χ2v) is 6.07. The van der Waals surface area contributed by atoms with E-state index in [2.05, 4.69) is 11.0 Å². The summed E-state index contributed by atoms with van der Waals surface area (Å²) >= 11 is 6.02. The van der Waals surface area contributed by atoms with Gasteiger partial charge in [-0.2, -0.15) is 0 Å². The Balaban J connectivity index is 1.56. The van der Waals surface area contributed by atoms with E-state index in [-0.39, 0.29) is 5.91 Å². The number of aryl methyl sites for hydroxylation is 1. The Morgan fingerprint density at radius 1 is 1.23 bits per heavy atom. The summed E-state index contributed by atoms with van der Waals surface area (Å²) in [7, 11) is 0. The first kappa shape index (κ1) is 15.1. The van der Waals surface area contributed by atoms with E-state index in [1.807, 2.05) is 36.1 Å². The van der Waals surface area contributed by atoms with Crippen molar-refractivity contribution in [2.24, 2.45) is 0 Å². The zero-order valence-corrected chi connectivity index (χ0v) is 13.3. The van der Waals surface area contributed by atoms with Crippen molar-refractivity contribution in [3.63, 3.8) is 0 Å². The summed E-state index contributed by atoms with van der Waals surface area (Å²) in [4.78, 5) is 16.6. The van der Waals surface area contributed by atoms with Crippen molar-refractivity contribution in [2.45, 2.75) is 13.5 Å². The third-order valence-electron chi connectivity index (χ3n) is 4.01. The van der Waals surface area contributed by atoms with Crippen molar-refractivity contribution in [1.29, 1.82) is 0 Å². The largest absolute Gasteiger partial charge is 0.459 e. The van der Waals surface area contributed by atoms with Crippen LogP contribution in [0, 0.1) is 6.92 Å². The van der Waals surface area contributed by atoms with E-state index in [1.165, 1.54) is 5.56 Å². The Morgan fingerprint density at radius 2 is 2.00 bits per heavy atom. The van der Waals surface area contributed by atoms with Gasteiger partial charge in [0.25, 0.3) is 5.91 Å². The SMILES string of the molecule is Cc1ccoc1C(=O)N1CCN(Cc2cccc(Cl)c2)CC1. The molecule has 22 heavy (non-hydrogen) atoms. The van der Waals surface area contributed by atoms with Gasteiger partial charge in [-0.25, -0.2) is 0 Å². The molecule has 2 heterocycles. The molecule has 0 bridgehead atoms. The van der Waals surface area contributed by atoms with Gasteiger partial charge in [0, 0.05) is 43.3 Å². The molecular weight excluding hydrogens is 300 g/mol. The van der Waals surface area contributed by atoms with Crippen LogP contribution in [0.25, 0.3) is 0 Å². The molecule has 0 atom stereocenters. The molecule has 116 valence electrons. The molecule has 1 saturated heterocycles. The Kier molecular flexibility index (Phi) is 4.50. The zero-order chi connectivity index (χ0) is 15.5. The molecule has 0 N–H and O–H groups in total. The highest BCUT2D eigenvalue weighted by molar-refractivity contribution is 6.30. The molecule has 1 aromatic carbocycles. The summed E-state index contributed by atoms with van der Waals surface area (Å²) in [6.45, 7) is 5.92. The maximum Gasteiger partial charge on any atom is 0.289 e. The Morgan fingerprint density at radius 3 is 2.64 bits per heavy atom. The first-order valence-electron chi connectivity index (χ1n) is 7.43. The molecule has 1 aromatic heterocycles. The van der Waals surface area contributed by atoms with Gasteiger partial charge in [0.1, 0.15) is 0 Å². The van der Waals surface area contributed by atoms with Crippen LogP contribution < -0.4 is 0 Å². The van der Waals surface area contributed by atoms with Crippen LogP contribution in [0.5, 0.6) is 0 Å². The maximum atomic E-state index is 12.4. The third kappa shape index (κ3) is 3.34. The fraction of sp³-hybridized carbons (Fsp3) is 0.353. The van der Waals surface area contributed by atoms with E-state index in [0.717, 1.165) is 43.3 Å². The van der Waals surface area contributed by atoms with Gasteiger partial charge in [-0.15, -0.1) is 0 Å². The van der Waals surface area contributed by atoms with E-state index in [0.29, 0.717) is 5.76 Å². The minimum Gasteiger partial charge on any atom is -0.459 e. The van der Waals surface area contributed by atoms with Gasteiger partial charge >= 0.3 is 0 Å². The number of furan rings is 1. The van der Waals surface area contributed by atoms with Gasteiger partial charge in [0.15, 0.2) is 5.76 Å². The van der Waals surface area contributed by atoms with E-state index < -0.39 is 0 Å². The summed E-state index contributed by atoms with van der Waals surface area (Å²) in [6, 6.07) is 9.74. The second-order valence-electron chi connectivity index (χ2n) is 5.63. The van der Waals surface area contributed by atoms with Crippen LogP contribution in [0.3, 0.4) is 0 Å². The van der Waals surface area contributed by atoms with E-state index in [9.17, 15) is 4.79 Å². The average Bonchev–Trinajstić information content (AvgIpc) is 2.93. The third-order valence-corrected chi connectivity index (χ3v) is 4.25. The zero-order valence-electron chi connectivity index (χ0n) is 12.6. The Labute approximate surface area is 135 Å². The molecule has 1 aliphatic rings. The highest BCUT2D eigenvalue weighted by Gasteiger charge is 2.24. The first-order valence-corrected chi connectivity index (χ1v) is 7.81. The molecule has 5 heteroatoms. The smallest absolute Gasteiger partial charge is 0.289 e. The highest BCUT2D eigenvalue weighted by atomic mass is 35.5. The van der Waals surface area contributed by atoms with E-state index in [1.54, 1.807) is 6.26 Å². The number of amides is 1. The quantitative estimate of drug-likeness (QED) is 0.872. The van der Waals surface area contributed by atoms with Gasteiger partial charge in [0.05, 0.1) is 6.26 Å². The fourth-order valence-electron chi connectivity index (χ4n) is 2.74. The number of hydrogen-bond acceptors (Lipinski definition) is 3. The predicted molar refractivity (Wildman–Crippen MR) is 86.1 cm³/mol. The van der Waals surface area contributed by atoms with Crippen LogP contribution in [-0.2, 0) is 6.54 Å². The van der Waals surface area contributed by atoms with Gasteiger partial charge in [-0.3, -0.25) is 9.69 Å². The molecule has 1 amide bonds. The lowest BCUT2D eigenvalue weighted by Crippen LogP contribution is -2.48. The van der Waals surface area contributed by atoms with Gasteiger partial charge in [0.2, 0.25) is 0 Å². The summed E-state index contributed by atoms with van der Waals surface area (Å²) < 4.78 is 5.30. The normalized spacial score (nSPS) is 16.0. The van der Waals surface area contributed by atoms with Gasteiger partial charge < -0.3 is 9.32 Å². The highest BCUT2D eigenvalue weighted by Crippen LogP contribution is 2.16. The molecular formula is C17H19ClN2O2. The van der Waals surface area contributed by atoms with Gasteiger partial charge in [-0.1, -0.05) is 23.7 Å². The first-order chi connectivity index (χ1) is 10.6. The number of carbonyl (C=O) groups excluding carboxylic acids is 1. The monoisotopic (exact) mass is 318 g/mol. The van der Waals surface area contributed by atoms with Crippen LogP contribution in [0.1, 0.15) is 21.7 Å². The van der Waals surface area contributed by atoms with Crippen LogP contribution in [0.15, 0.2) is 41.0 Å².